The number of carbonyl (C=O) groups excluding carboxylic acids is 2. The molecule has 0 aliphatic heterocycles. The average Bonchev–Trinajstić information content (AvgIpc) is 2.80. The molecule has 0 saturated carbocycles. The van der Waals surface area contributed by atoms with Crippen LogP contribution >= 0.6 is 0 Å². The second kappa shape index (κ2) is 10.8. The van der Waals surface area contributed by atoms with Crippen LogP contribution in [0.4, 0.5) is 40.3 Å². The first-order valence-electron chi connectivity index (χ1n) is 9.97. The molecule has 194 valence electrons. The number of ether oxygens (including phenoxy) is 2. The van der Waals surface area contributed by atoms with Crippen LogP contribution in [-0.4, -0.2) is 46.7 Å². The summed E-state index contributed by atoms with van der Waals surface area (Å²) in [5.41, 5.74) is -3.62. The molecule has 2 amide bonds. The Balaban J connectivity index is 2.32. The summed E-state index contributed by atoms with van der Waals surface area (Å²) in [6.45, 7) is 3.29. The van der Waals surface area contributed by atoms with Crippen LogP contribution in [0.15, 0.2) is 36.4 Å². The van der Waals surface area contributed by atoms with Gasteiger partial charge in [0.25, 0.3) is 11.4 Å². The van der Waals surface area contributed by atoms with Gasteiger partial charge < -0.3 is 20.1 Å². The second-order valence-electron chi connectivity index (χ2n) is 6.80. The lowest BCUT2D eigenvalue weighted by atomic mass is 10.1. The zero-order chi connectivity index (χ0) is 27.3. The summed E-state index contributed by atoms with van der Waals surface area (Å²) >= 11 is 0. The third-order valence-electron chi connectivity index (χ3n) is 4.41. The third kappa shape index (κ3) is 5.76. The molecule has 2 aromatic carbocycles. The number of carbonyl (C=O) groups is 2. The molecule has 0 saturated heterocycles. The van der Waals surface area contributed by atoms with Gasteiger partial charge in [-0.25, -0.2) is 0 Å². The van der Waals surface area contributed by atoms with Crippen LogP contribution in [0.2, 0.25) is 0 Å². The molecule has 0 bridgehead atoms. The van der Waals surface area contributed by atoms with Crippen molar-refractivity contribution in [2.75, 3.05) is 23.8 Å². The number of amides is 2. The summed E-state index contributed by atoms with van der Waals surface area (Å²) < 4.78 is 67.7. The summed E-state index contributed by atoms with van der Waals surface area (Å²) in [5.74, 6) is -17.1. The third-order valence-corrected chi connectivity index (χ3v) is 4.41. The Morgan fingerprint density at radius 1 is 0.778 bits per heavy atom. The van der Waals surface area contributed by atoms with E-state index in [1.807, 2.05) is 0 Å². The predicted molar refractivity (Wildman–Crippen MR) is 116 cm³/mol. The topological polar surface area (TPSA) is 163 Å². The van der Waals surface area contributed by atoms with Crippen molar-refractivity contribution >= 4 is 34.6 Å². The molecule has 2 rings (SSSR count). The van der Waals surface area contributed by atoms with Gasteiger partial charge in [0.2, 0.25) is 0 Å². The SMILES string of the molecule is CCOc1ccc(NC(=O)C(F)(F)C(F)(F)C(=O)Nc2ccc(OCC)cc2[N+](=O)[O-])c([N+](=O)[O-])c1. The number of nitro groups is 2. The highest BCUT2D eigenvalue weighted by Gasteiger charge is 2.67. The minimum atomic E-state index is -5.73. The van der Waals surface area contributed by atoms with Crippen LogP contribution in [0, 0.1) is 20.2 Å². The van der Waals surface area contributed by atoms with E-state index in [2.05, 4.69) is 0 Å². The fraction of sp³-hybridized carbons (Fsp3) is 0.300. The standard InChI is InChI=1S/C20H18F4N4O8/c1-3-35-11-5-7-13(15(9-11)27(31)32)25-17(29)19(21,22)20(23,24)18(30)26-14-8-6-12(36-4-2)10-16(14)28(33)34/h5-10H,3-4H2,1-2H3,(H,25,29)(H,26,30). The molecule has 16 heteroatoms. The van der Waals surface area contributed by atoms with E-state index < -0.39 is 56.3 Å². The predicted octanol–water partition coefficient (Wildman–Crippen LogP) is 4.15. The molecular formula is C20H18F4N4O8. The van der Waals surface area contributed by atoms with E-state index in [9.17, 15) is 47.4 Å². The van der Waals surface area contributed by atoms with Crippen LogP contribution in [0.1, 0.15) is 13.8 Å². The minimum absolute atomic E-state index is 0.0596. The van der Waals surface area contributed by atoms with Gasteiger partial charge in [-0.05, 0) is 38.1 Å². The molecule has 2 N–H and O–H groups in total. The lowest BCUT2D eigenvalue weighted by Gasteiger charge is -2.24. The van der Waals surface area contributed by atoms with Gasteiger partial charge in [-0.1, -0.05) is 0 Å². The van der Waals surface area contributed by atoms with E-state index in [1.54, 1.807) is 13.8 Å². The van der Waals surface area contributed by atoms with E-state index in [4.69, 9.17) is 9.47 Å². The van der Waals surface area contributed by atoms with E-state index >= 15 is 0 Å². The fourth-order valence-electron chi connectivity index (χ4n) is 2.74. The maximum Gasteiger partial charge on any atom is 0.396 e. The molecule has 36 heavy (non-hydrogen) atoms. The van der Waals surface area contributed by atoms with Gasteiger partial charge in [-0.15, -0.1) is 0 Å². The largest absolute Gasteiger partial charge is 0.494 e. The fourth-order valence-corrected chi connectivity index (χ4v) is 2.74. The molecule has 0 aliphatic rings. The molecule has 2 aromatic rings. The highest BCUT2D eigenvalue weighted by molar-refractivity contribution is 6.06. The van der Waals surface area contributed by atoms with Gasteiger partial charge in [0.1, 0.15) is 22.9 Å². The molecule has 0 radical (unpaired) electrons. The number of rotatable bonds is 11. The van der Waals surface area contributed by atoms with E-state index in [1.165, 1.54) is 10.6 Å². The van der Waals surface area contributed by atoms with Crippen LogP contribution in [-0.2, 0) is 9.59 Å². The van der Waals surface area contributed by atoms with Crippen molar-refractivity contribution in [2.45, 2.75) is 25.7 Å². The van der Waals surface area contributed by atoms with Crippen molar-refractivity contribution in [1.29, 1.82) is 0 Å². The quantitative estimate of drug-likeness (QED) is 0.255. The molecule has 0 fully saturated rings. The number of hydrogen-bond acceptors (Lipinski definition) is 8. The molecule has 0 aliphatic carbocycles. The molecule has 0 heterocycles. The number of benzene rings is 2. The first kappa shape index (κ1) is 27.7. The monoisotopic (exact) mass is 518 g/mol. The van der Waals surface area contributed by atoms with Crippen molar-refractivity contribution < 1.29 is 46.5 Å². The second-order valence-corrected chi connectivity index (χ2v) is 6.80. The average molecular weight is 518 g/mol. The Hall–Kier alpha value is -4.50. The van der Waals surface area contributed by atoms with Gasteiger partial charge in [-0.2, -0.15) is 17.6 Å². The summed E-state index contributed by atoms with van der Waals surface area (Å²) in [5, 5.41) is 25.0. The van der Waals surface area contributed by atoms with Crippen molar-refractivity contribution in [2.24, 2.45) is 0 Å². The highest BCUT2D eigenvalue weighted by atomic mass is 19.3. The highest BCUT2D eigenvalue weighted by Crippen LogP contribution is 2.39. The van der Waals surface area contributed by atoms with E-state index in [0.717, 1.165) is 36.4 Å². The Morgan fingerprint density at radius 2 is 1.11 bits per heavy atom. The maximum atomic E-state index is 14.4. The number of alkyl halides is 4. The Morgan fingerprint density at radius 3 is 1.39 bits per heavy atom. The first-order chi connectivity index (χ1) is 16.8. The number of hydrogen-bond donors (Lipinski definition) is 2. The molecule has 0 atom stereocenters. The number of nitro benzene ring substituents is 2. The van der Waals surface area contributed by atoms with Crippen LogP contribution in [0.25, 0.3) is 0 Å². The normalized spacial score (nSPS) is 11.4. The number of nitrogens with zero attached hydrogens (tertiary/aromatic N) is 2. The molecule has 0 aromatic heterocycles. The van der Waals surface area contributed by atoms with Gasteiger partial charge in [0.05, 0.1) is 35.2 Å². The van der Waals surface area contributed by atoms with Gasteiger partial charge >= 0.3 is 23.7 Å². The number of halogens is 4. The van der Waals surface area contributed by atoms with Crippen LogP contribution in [0.5, 0.6) is 11.5 Å². The minimum Gasteiger partial charge on any atom is -0.494 e. The Kier molecular flexibility index (Phi) is 8.35. The van der Waals surface area contributed by atoms with Crippen LogP contribution in [0.3, 0.4) is 0 Å². The summed E-state index contributed by atoms with van der Waals surface area (Å²) in [6, 6.07) is 5.21. The zero-order valence-electron chi connectivity index (χ0n) is 18.6. The van der Waals surface area contributed by atoms with Gasteiger partial charge in [0.15, 0.2) is 0 Å². The Labute approximate surface area is 199 Å². The maximum absolute atomic E-state index is 14.4. The summed E-state index contributed by atoms with van der Waals surface area (Å²) in [7, 11) is 0. The Bertz CT molecular complexity index is 1100. The van der Waals surface area contributed by atoms with Gasteiger partial charge in [-0.3, -0.25) is 29.8 Å². The molecule has 0 unspecified atom stereocenters. The van der Waals surface area contributed by atoms with Gasteiger partial charge in [0, 0.05) is 0 Å². The van der Waals surface area contributed by atoms with E-state index in [-0.39, 0.29) is 24.7 Å². The lowest BCUT2D eigenvalue weighted by Crippen LogP contribution is -2.56. The molecular weight excluding hydrogens is 500 g/mol. The van der Waals surface area contributed by atoms with Crippen molar-refractivity contribution in [1.82, 2.24) is 0 Å². The lowest BCUT2D eigenvalue weighted by molar-refractivity contribution is -0.384. The van der Waals surface area contributed by atoms with Crippen molar-refractivity contribution in [3.8, 4) is 11.5 Å². The molecule has 12 nitrogen and oxygen atoms in total. The smallest absolute Gasteiger partial charge is 0.396 e. The van der Waals surface area contributed by atoms with Crippen LogP contribution < -0.4 is 20.1 Å². The van der Waals surface area contributed by atoms with Crippen molar-refractivity contribution in [3.63, 3.8) is 0 Å². The van der Waals surface area contributed by atoms with Crippen molar-refractivity contribution in [3.05, 3.63) is 56.6 Å². The number of nitrogens with one attached hydrogen (secondary N) is 2. The molecule has 0 spiro atoms. The van der Waals surface area contributed by atoms with E-state index in [0.29, 0.717) is 0 Å². The first-order valence-corrected chi connectivity index (χ1v) is 9.97. The summed E-state index contributed by atoms with van der Waals surface area (Å²) in [4.78, 5) is 44.3. The zero-order valence-corrected chi connectivity index (χ0v) is 18.6. The summed E-state index contributed by atoms with van der Waals surface area (Å²) in [6.07, 6.45) is 0. The number of anilines is 2.